The highest BCUT2D eigenvalue weighted by atomic mass is 32.2. The van der Waals surface area contributed by atoms with E-state index in [0.29, 0.717) is 6.54 Å². The third-order valence-electron chi connectivity index (χ3n) is 4.87. The van der Waals surface area contributed by atoms with Crippen LogP contribution in [-0.2, 0) is 11.2 Å². The van der Waals surface area contributed by atoms with E-state index in [2.05, 4.69) is 64.9 Å². The van der Waals surface area contributed by atoms with Gasteiger partial charge in [-0.1, -0.05) is 42.5 Å². The molecule has 3 aromatic rings. The van der Waals surface area contributed by atoms with Crippen molar-refractivity contribution in [1.29, 1.82) is 0 Å². The Hall–Kier alpha value is -2.46. The highest BCUT2D eigenvalue weighted by Gasteiger charge is 2.29. The molecule has 0 atom stereocenters. The smallest absolute Gasteiger partial charge is 0.223 e. The molecule has 1 amide bonds. The molecule has 2 aromatic carbocycles. The van der Waals surface area contributed by atoms with Crippen molar-refractivity contribution >= 4 is 34.6 Å². The summed E-state index contributed by atoms with van der Waals surface area (Å²) in [4.78, 5) is 16.5. The maximum atomic E-state index is 11.9. The van der Waals surface area contributed by atoms with Crippen LogP contribution in [0.3, 0.4) is 0 Å². The summed E-state index contributed by atoms with van der Waals surface area (Å²) < 4.78 is 0. The van der Waals surface area contributed by atoms with Gasteiger partial charge in [-0.15, -0.1) is 11.8 Å². The predicted octanol–water partition coefficient (Wildman–Crippen LogP) is 5.04. The summed E-state index contributed by atoms with van der Waals surface area (Å²) in [5.74, 6) is 1.41. The van der Waals surface area contributed by atoms with Crippen molar-refractivity contribution in [2.75, 3.05) is 12.3 Å². The van der Waals surface area contributed by atoms with Crippen molar-refractivity contribution in [3.8, 4) is 0 Å². The second-order valence-corrected chi connectivity index (χ2v) is 7.98. The molecule has 1 saturated carbocycles. The van der Waals surface area contributed by atoms with Crippen LogP contribution in [0.15, 0.2) is 65.7 Å². The monoisotopic (exact) mass is 376 g/mol. The number of carbonyl (C=O) groups excluding carboxylic acids is 1. The van der Waals surface area contributed by atoms with Gasteiger partial charge in [0, 0.05) is 40.2 Å². The lowest BCUT2D eigenvalue weighted by Gasteiger charge is -2.11. The normalized spacial score (nSPS) is 14.1. The number of hydrogen-bond donors (Lipinski definition) is 2. The first-order valence-electron chi connectivity index (χ1n) is 9.52. The lowest BCUT2D eigenvalue weighted by Crippen LogP contribution is -2.27. The number of carbonyl (C=O) groups is 1. The first-order chi connectivity index (χ1) is 13.3. The van der Waals surface area contributed by atoms with Crippen molar-refractivity contribution < 1.29 is 4.79 Å². The Labute approximate surface area is 164 Å². The standard InChI is InChI=1S/C23H24N2OS/c26-23(18-8-9-18)25-15-13-20-19-12-14-24-21(19)10-11-22(20)27-16-4-7-17-5-2-1-3-6-17/h1-7,10-12,14,18,24H,8-9,13,15-16H2,(H,25,26). The maximum Gasteiger partial charge on any atom is 0.223 e. The minimum atomic E-state index is 0.219. The number of aromatic amines is 1. The molecule has 1 aromatic heterocycles. The lowest BCUT2D eigenvalue weighted by atomic mass is 10.1. The number of thioether (sulfide) groups is 1. The zero-order valence-electron chi connectivity index (χ0n) is 15.3. The second kappa shape index (κ2) is 8.49. The van der Waals surface area contributed by atoms with Gasteiger partial charge in [0.15, 0.2) is 0 Å². The molecule has 3 nitrogen and oxygen atoms in total. The number of aromatic nitrogens is 1. The number of benzene rings is 2. The first kappa shape index (κ1) is 17.9. The van der Waals surface area contributed by atoms with Crippen molar-refractivity contribution in [3.05, 3.63) is 71.9 Å². The van der Waals surface area contributed by atoms with E-state index in [-0.39, 0.29) is 11.8 Å². The van der Waals surface area contributed by atoms with Gasteiger partial charge < -0.3 is 10.3 Å². The minimum Gasteiger partial charge on any atom is -0.361 e. The summed E-state index contributed by atoms with van der Waals surface area (Å²) in [6.07, 6.45) is 9.32. The molecule has 4 heteroatoms. The van der Waals surface area contributed by atoms with E-state index in [1.54, 1.807) is 0 Å². The second-order valence-electron chi connectivity index (χ2n) is 6.92. The van der Waals surface area contributed by atoms with E-state index in [1.165, 1.54) is 21.4 Å². The van der Waals surface area contributed by atoms with Crippen LogP contribution in [0, 0.1) is 5.92 Å². The summed E-state index contributed by atoms with van der Waals surface area (Å²) >= 11 is 1.85. The van der Waals surface area contributed by atoms with Gasteiger partial charge in [0.25, 0.3) is 0 Å². The van der Waals surface area contributed by atoms with Crippen LogP contribution in [0.4, 0.5) is 0 Å². The summed E-state index contributed by atoms with van der Waals surface area (Å²) in [5, 5.41) is 4.35. The Balaban J connectivity index is 1.42. The summed E-state index contributed by atoms with van der Waals surface area (Å²) in [6, 6.07) is 16.8. The van der Waals surface area contributed by atoms with Crippen LogP contribution in [0.1, 0.15) is 24.0 Å². The van der Waals surface area contributed by atoms with Crippen LogP contribution in [0.2, 0.25) is 0 Å². The van der Waals surface area contributed by atoms with E-state index < -0.39 is 0 Å². The molecule has 27 heavy (non-hydrogen) atoms. The fourth-order valence-electron chi connectivity index (χ4n) is 3.26. The maximum absolute atomic E-state index is 11.9. The van der Waals surface area contributed by atoms with E-state index >= 15 is 0 Å². The molecule has 0 spiro atoms. The zero-order chi connectivity index (χ0) is 18.5. The molecule has 1 fully saturated rings. The third-order valence-corrected chi connectivity index (χ3v) is 5.92. The number of H-pyrrole nitrogens is 1. The molecule has 1 aliphatic carbocycles. The quantitative estimate of drug-likeness (QED) is 0.541. The van der Waals surface area contributed by atoms with Crippen LogP contribution >= 0.6 is 11.8 Å². The average Bonchev–Trinajstić information content (AvgIpc) is 3.44. The molecular weight excluding hydrogens is 352 g/mol. The van der Waals surface area contributed by atoms with Crippen LogP contribution in [-0.4, -0.2) is 23.2 Å². The summed E-state index contributed by atoms with van der Waals surface area (Å²) in [6.45, 7) is 0.701. The Morgan fingerprint density at radius 2 is 2.00 bits per heavy atom. The molecule has 0 saturated heterocycles. The van der Waals surface area contributed by atoms with Crippen molar-refractivity contribution in [2.24, 2.45) is 5.92 Å². The minimum absolute atomic E-state index is 0.219. The first-order valence-corrected chi connectivity index (χ1v) is 10.5. The van der Waals surface area contributed by atoms with Crippen LogP contribution < -0.4 is 5.32 Å². The summed E-state index contributed by atoms with van der Waals surface area (Å²) in [7, 11) is 0. The zero-order valence-corrected chi connectivity index (χ0v) is 16.1. The highest BCUT2D eigenvalue weighted by Crippen LogP contribution is 2.31. The number of nitrogens with one attached hydrogen (secondary N) is 2. The number of amides is 1. The van der Waals surface area contributed by atoms with Gasteiger partial charge in [0.05, 0.1) is 0 Å². The van der Waals surface area contributed by atoms with E-state index in [1.807, 2.05) is 24.0 Å². The Morgan fingerprint density at radius 1 is 1.15 bits per heavy atom. The van der Waals surface area contributed by atoms with E-state index in [0.717, 1.165) is 30.5 Å². The number of fused-ring (bicyclic) bond motifs is 1. The molecular formula is C23H24N2OS. The molecule has 1 aliphatic rings. The molecule has 0 aliphatic heterocycles. The van der Waals surface area contributed by atoms with Gasteiger partial charge in [-0.05, 0) is 48.6 Å². The molecule has 0 bridgehead atoms. The van der Waals surface area contributed by atoms with Gasteiger partial charge in [0.1, 0.15) is 0 Å². The largest absolute Gasteiger partial charge is 0.361 e. The molecule has 138 valence electrons. The highest BCUT2D eigenvalue weighted by molar-refractivity contribution is 7.99. The molecule has 2 N–H and O–H groups in total. The van der Waals surface area contributed by atoms with Crippen molar-refractivity contribution in [3.63, 3.8) is 0 Å². The van der Waals surface area contributed by atoms with Gasteiger partial charge in [-0.2, -0.15) is 0 Å². The van der Waals surface area contributed by atoms with Crippen molar-refractivity contribution in [1.82, 2.24) is 10.3 Å². The topological polar surface area (TPSA) is 44.9 Å². The third kappa shape index (κ3) is 4.64. The molecule has 0 unspecified atom stereocenters. The Kier molecular flexibility index (Phi) is 5.64. The Bertz CT molecular complexity index is 941. The fourth-order valence-corrected chi connectivity index (χ4v) is 4.18. The SMILES string of the molecule is O=C(NCCc1c(SCC=Cc2ccccc2)ccc2[nH]ccc12)C1CC1. The van der Waals surface area contributed by atoms with Crippen LogP contribution in [0.5, 0.6) is 0 Å². The predicted molar refractivity (Wildman–Crippen MR) is 114 cm³/mol. The Morgan fingerprint density at radius 3 is 2.81 bits per heavy atom. The average molecular weight is 377 g/mol. The van der Waals surface area contributed by atoms with Gasteiger partial charge in [0.2, 0.25) is 5.91 Å². The van der Waals surface area contributed by atoms with Crippen LogP contribution in [0.25, 0.3) is 17.0 Å². The molecule has 4 rings (SSSR count). The van der Waals surface area contributed by atoms with Gasteiger partial charge in [-0.3, -0.25) is 4.79 Å². The molecule has 1 heterocycles. The van der Waals surface area contributed by atoms with Crippen molar-refractivity contribution in [2.45, 2.75) is 24.2 Å². The van der Waals surface area contributed by atoms with E-state index in [9.17, 15) is 4.79 Å². The van der Waals surface area contributed by atoms with Gasteiger partial charge >= 0.3 is 0 Å². The number of rotatable bonds is 8. The summed E-state index contributed by atoms with van der Waals surface area (Å²) in [5.41, 5.74) is 3.70. The molecule has 0 radical (unpaired) electrons. The fraction of sp³-hybridized carbons (Fsp3) is 0.261. The van der Waals surface area contributed by atoms with Gasteiger partial charge in [-0.25, -0.2) is 0 Å². The lowest BCUT2D eigenvalue weighted by molar-refractivity contribution is -0.122. The van der Waals surface area contributed by atoms with E-state index in [4.69, 9.17) is 0 Å². The number of hydrogen-bond acceptors (Lipinski definition) is 2.